The average Bonchev–Trinajstić information content (AvgIpc) is 3.32. The van der Waals surface area contributed by atoms with Gasteiger partial charge in [0.05, 0.1) is 6.04 Å². The van der Waals surface area contributed by atoms with Crippen LogP contribution in [0.2, 0.25) is 0 Å². The number of aliphatic imine (C=N–C) groups is 1. The van der Waals surface area contributed by atoms with Gasteiger partial charge in [-0.2, -0.15) is 0 Å². The number of piperazine rings is 1. The summed E-state index contributed by atoms with van der Waals surface area (Å²) in [6.45, 7) is 17.2. The molecule has 1 aromatic carbocycles. The maximum Gasteiger partial charge on any atom is 0.191 e. The van der Waals surface area contributed by atoms with E-state index in [0.717, 1.165) is 19.0 Å². The van der Waals surface area contributed by atoms with E-state index in [1.807, 2.05) is 7.05 Å². The molecule has 2 unspecified atom stereocenters. The van der Waals surface area contributed by atoms with Crippen molar-refractivity contribution in [3.63, 3.8) is 0 Å². The van der Waals surface area contributed by atoms with E-state index in [2.05, 4.69) is 75.4 Å². The number of rotatable bonds is 8. The first-order valence-corrected chi connectivity index (χ1v) is 11.9. The van der Waals surface area contributed by atoms with Crippen molar-refractivity contribution in [1.29, 1.82) is 0 Å². The van der Waals surface area contributed by atoms with E-state index in [4.69, 9.17) is 0 Å². The van der Waals surface area contributed by atoms with Crippen LogP contribution in [-0.4, -0.2) is 81.7 Å². The highest BCUT2D eigenvalue weighted by Gasteiger charge is 2.18. The molecule has 2 saturated heterocycles. The molecule has 3 rings (SSSR count). The minimum absolute atomic E-state index is 0.219. The maximum absolute atomic E-state index is 4.46. The minimum atomic E-state index is 0.219. The van der Waals surface area contributed by atoms with Crippen LogP contribution in [0.25, 0.3) is 0 Å². The van der Waals surface area contributed by atoms with Crippen molar-refractivity contribution in [2.24, 2.45) is 10.9 Å². The maximum atomic E-state index is 4.46. The molecule has 0 radical (unpaired) electrons. The first kappa shape index (κ1) is 22.9. The zero-order chi connectivity index (χ0) is 21.3. The van der Waals surface area contributed by atoms with Gasteiger partial charge in [0.2, 0.25) is 0 Å². The van der Waals surface area contributed by atoms with Crippen LogP contribution < -0.4 is 15.5 Å². The van der Waals surface area contributed by atoms with Crippen molar-refractivity contribution in [3.8, 4) is 0 Å². The van der Waals surface area contributed by atoms with Crippen LogP contribution in [0.5, 0.6) is 0 Å². The quantitative estimate of drug-likeness (QED) is 0.506. The molecule has 168 valence electrons. The summed E-state index contributed by atoms with van der Waals surface area (Å²) < 4.78 is 0. The van der Waals surface area contributed by atoms with Gasteiger partial charge in [-0.3, -0.25) is 4.99 Å². The van der Waals surface area contributed by atoms with Crippen LogP contribution in [0.3, 0.4) is 0 Å². The Morgan fingerprint density at radius 1 is 1.03 bits per heavy atom. The summed E-state index contributed by atoms with van der Waals surface area (Å²) in [7, 11) is 1.86. The van der Waals surface area contributed by atoms with Gasteiger partial charge in [-0.05, 0) is 49.9 Å². The molecule has 2 fully saturated rings. The lowest BCUT2D eigenvalue weighted by Crippen LogP contribution is -2.48. The predicted molar refractivity (Wildman–Crippen MR) is 129 cm³/mol. The number of benzene rings is 1. The molecule has 2 N–H and O–H groups in total. The van der Waals surface area contributed by atoms with E-state index >= 15 is 0 Å². The Hall–Kier alpha value is -1.79. The summed E-state index contributed by atoms with van der Waals surface area (Å²) in [5, 5.41) is 7.11. The monoisotopic (exact) mass is 414 g/mol. The lowest BCUT2D eigenvalue weighted by atomic mass is 10.1. The van der Waals surface area contributed by atoms with E-state index in [-0.39, 0.29) is 6.04 Å². The Labute approximate surface area is 183 Å². The first-order chi connectivity index (χ1) is 14.6. The predicted octanol–water partition coefficient (Wildman–Crippen LogP) is 2.79. The molecule has 0 aromatic heterocycles. The molecule has 2 aliphatic heterocycles. The van der Waals surface area contributed by atoms with Crippen LogP contribution in [0, 0.1) is 5.92 Å². The molecule has 2 heterocycles. The Morgan fingerprint density at radius 2 is 1.73 bits per heavy atom. The third-order valence-corrected chi connectivity index (χ3v) is 6.52. The number of hydrogen-bond acceptors (Lipinski definition) is 4. The SMILES string of the molecule is CCN1CCN(CC(C)CNC(=NC)NC(C)c2cccc(N3CCCC3)c2)CC1. The van der Waals surface area contributed by atoms with Gasteiger partial charge in [0, 0.05) is 65.1 Å². The molecule has 0 amide bonds. The summed E-state index contributed by atoms with van der Waals surface area (Å²) in [6, 6.07) is 9.17. The third kappa shape index (κ3) is 6.61. The first-order valence-electron chi connectivity index (χ1n) is 11.9. The average molecular weight is 415 g/mol. The number of nitrogens with one attached hydrogen (secondary N) is 2. The standard InChI is InChI=1S/C24H42N6/c1-5-28-13-15-29(16-14-28)19-20(2)18-26-24(25-4)27-21(3)22-9-8-10-23(17-22)30-11-6-7-12-30/h8-10,17,20-21H,5-7,11-16,18-19H2,1-4H3,(H2,25,26,27). The minimum Gasteiger partial charge on any atom is -0.372 e. The molecule has 0 spiro atoms. The number of anilines is 1. The van der Waals surface area contributed by atoms with Gasteiger partial charge < -0.3 is 25.3 Å². The summed E-state index contributed by atoms with van der Waals surface area (Å²) in [5.74, 6) is 1.47. The van der Waals surface area contributed by atoms with Gasteiger partial charge in [0.25, 0.3) is 0 Å². The van der Waals surface area contributed by atoms with Gasteiger partial charge >= 0.3 is 0 Å². The zero-order valence-electron chi connectivity index (χ0n) is 19.5. The topological polar surface area (TPSA) is 46.1 Å². The van der Waals surface area contributed by atoms with Crippen molar-refractivity contribution in [2.75, 3.05) is 70.9 Å². The van der Waals surface area contributed by atoms with Gasteiger partial charge in [-0.1, -0.05) is 26.0 Å². The van der Waals surface area contributed by atoms with Crippen LogP contribution in [-0.2, 0) is 0 Å². The van der Waals surface area contributed by atoms with Crippen LogP contribution >= 0.6 is 0 Å². The van der Waals surface area contributed by atoms with Crippen LogP contribution in [0.15, 0.2) is 29.3 Å². The second-order valence-corrected chi connectivity index (χ2v) is 8.95. The fourth-order valence-corrected chi connectivity index (χ4v) is 4.51. The molecule has 2 atom stereocenters. The van der Waals surface area contributed by atoms with Gasteiger partial charge in [-0.15, -0.1) is 0 Å². The molecule has 30 heavy (non-hydrogen) atoms. The Balaban J connectivity index is 1.44. The van der Waals surface area contributed by atoms with E-state index in [9.17, 15) is 0 Å². The number of nitrogens with zero attached hydrogens (tertiary/aromatic N) is 4. The number of likely N-dealkylation sites (N-methyl/N-ethyl adjacent to an activating group) is 1. The highest BCUT2D eigenvalue weighted by Crippen LogP contribution is 2.23. The number of guanidine groups is 1. The highest BCUT2D eigenvalue weighted by molar-refractivity contribution is 5.80. The zero-order valence-corrected chi connectivity index (χ0v) is 19.5. The second kappa shape index (κ2) is 11.6. The molecule has 6 heteroatoms. The molecule has 6 nitrogen and oxygen atoms in total. The summed E-state index contributed by atoms with van der Waals surface area (Å²) >= 11 is 0. The van der Waals surface area contributed by atoms with E-state index < -0.39 is 0 Å². The molecular weight excluding hydrogens is 372 g/mol. The molecule has 1 aromatic rings. The van der Waals surface area contributed by atoms with Crippen LogP contribution in [0.1, 0.15) is 45.2 Å². The van der Waals surface area contributed by atoms with Gasteiger partial charge in [-0.25, -0.2) is 0 Å². The van der Waals surface area contributed by atoms with Gasteiger partial charge in [0.1, 0.15) is 0 Å². The third-order valence-electron chi connectivity index (χ3n) is 6.52. The Morgan fingerprint density at radius 3 is 2.40 bits per heavy atom. The van der Waals surface area contributed by atoms with Crippen LogP contribution in [0.4, 0.5) is 5.69 Å². The van der Waals surface area contributed by atoms with Crippen molar-refractivity contribution in [3.05, 3.63) is 29.8 Å². The molecule has 0 aliphatic carbocycles. The lowest BCUT2D eigenvalue weighted by molar-refractivity contribution is 0.124. The molecule has 0 bridgehead atoms. The Kier molecular flexibility index (Phi) is 8.82. The Bertz CT molecular complexity index is 661. The fourth-order valence-electron chi connectivity index (χ4n) is 4.51. The lowest BCUT2D eigenvalue weighted by Gasteiger charge is -2.35. The van der Waals surface area contributed by atoms with E-state index in [1.165, 1.54) is 69.9 Å². The summed E-state index contributed by atoms with van der Waals surface area (Å²) in [4.78, 5) is 12.1. The fraction of sp³-hybridized carbons (Fsp3) is 0.708. The van der Waals surface area contributed by atoms with Crippen molar-refractivity contribution in [2.45, 2.75) is 39.7 Å². The second-order valence-electron chi connectivity index (χ2n) is 8.95. The summed E-state index contributed by atoms with van der Waals surface area (Å²) in [6.07, 6.45) is 2.61. The summed E-state index contributed by atoms with van der Waals surface area (Å²) in [5.41, 5.74) is 2.66. The van der Waals surface area contributed by atoms with Gasteiger partial charge in [0.15, 0.2) is 5.96 Å². The van der Waals surface area contributed by atoms with E-state index in [0.29, 0.717) is 5.92 Å². The molecule has 2 aliphatic rings. The van der Waals surface area contributed by atoms with E-state index in [1.54, 1.807) is 0 Å². The van der Waals surface area contributed by atoms with Crippen molar-refractivity contribution >= 4 is 11.6 Å². The smallest absolute Gasteiger partial charge is 0.191 e. The molecule has 0 saturated carbocycles. The molecular formula is C24H42N6. The van der Waals surface area contributed by atoms with Crippen molar-refractivity contribution in [1.82, 2.24) is 20.4 Å². The highest BCUT2D eigenvalue weighted by atomic mass is 15.3. The number of hydrogen-bond donors (Lipinski definition) is 2. The largest absolute Gasteiger partial charge is 0.372 e. The normalized spacial score (nSPS) is 20.9. The van der Waals surface area contributed by atoms with Crippen molar-refractivity contribution < 1.29 is 0 Å².